The zero-order valence-electron chi connectivity index (χ0n) is 11.1. The van der Waals surface area contributed by atoms with Crippen LogP contribution in [0.3, 0.4) is 0 Å². The molecule has 0 saturated heterocycles. The standard InChI is InChI=1S/C14H15N3O2S/c1-17-5-4-10-11(8-17)20-14(12(10)13(15)18)16-7-9-3-2-6-19-9/h2-3,6-7H,4-5,8H2,1H3,(H2,15,18). The third kappa shape index (κ3) is 2.39. The Morgan fingerprint density at radius 2 is 2.45 bits per heavy atom. The summed E-state index contributed by atoms with van der Waals surface area (Å²) in [4.78, 5) is 19.5. The lowest BCUT2D eigenvalue weighted by molar-refractivity contribution is 0.1000. The number of thiophene rings is 1. The molecule has 0 bridgehead atoms. The molecule has 0 fully saturated rings. The minimum atomic E-state index is -0.404. The van der Waals surface area contributed by atoms with Crippen LogP contribution < -0.4 is 5.73 Å². The number of aliphatic imine (C=N–C) groups is 1. The normalized spacial score (nSPS) is 15.7. The first-order valence-electron chi connectivity index (χ1n) is 6.35. The van der Waals surface area contributed by atoms with Gasteiger partial charge in [0.05, 0.1) is 18.0 Å². The minimum Gasteiger partial charge on any atom is -0.463 e. The number of carbonyl (C=O) groups excluding carboxylic acids is 1. The van der Waals surface area contributed by atoms with Crippen molar-refractivity contribution in [3.63, 3.8) is 0 Å². The Balaban J connectivity index is 2.00. The quantitative estimate of drug-likeness (QED) is 0.880. The number of likely N-dealkylation sites (N-methyl/N-ethyl adjacent to an activating group) is 1. The van der Waals surface area contributed by atoms with E-state index in [1.165, 1.54) is 16.2 Å². The van der Waals surface area contributed by atoms with Gasteiger partial charge < -0.3 is 15.1 Å². The van der Waals surface area contributed by atoms with Crippen LogP contribution in [-0.4, -0.2) is 30.6 Å². The average Bonchev–Trinajstić information content (AvgIpc) is 3.02. The molecule has 20 heavy (non-hydrogen) atoms. The maximum Gasteiger partial charge on any atom is 0.252 e. The van der Waals surface area contributed by atoms with Gasteiger partial charge in [0.2, 0.25) is 0 Å². The molecule has 6 heteroatoms. The molecule has 0 aromatic carbocycles. The van der Waals surface area contributed by atoms with Crippen LogP contribution in [-0.2, 0) is 13.0 Å². The van der Waals surface area contributed by atoms with E-state index in [4.69, 9.17) is 10.2 Å². The Hall–Kier alpha value is -1.92. The first-order chi connectivity index (χ1) is 9.65. The van der Waals surface area contributed by atoms with E-state index in [1.54, 1.807) is 18.5 Å². The van der Waals surface area contributed by atoms with Gasteiger partial charge in [0.1, 0.15) is 10.8 Å². The zero-order chi connectivity index (χ0) is 14.1. The minimum absolute atomic E-state index is 0.404. The second kappa shape index (κ2) is 5.22. The van der Waals surface area contributed by atoms with Gasteiger partial charge in [-0.2, -0.15) is 0 Å². The van der Waals surface area contributed by atoms with Gasteiger partial charge in [0.25, 0.3) is 5.91 Å². The number of nitrogens with two attached hydrogens (primary N) is 1. The molecule has 2 aromatic heterocycles. The highest BCUT2D eigenvalue weighted by molar-refractivity contribution is 7.16. The van der Waals surface area contributed by atoms with Gasteiger partial charge in [0, 0.05) is 18.0 Å². The fraction of sp³-hybridized carbons (Fsp3) is 0.286. The van der Waals surface area contributed by atoms with Gasteiger partial charge in [-0.25, -0.2) is 4.99 Å². The molecule has 104 valence electrons. The Bertz CT molecular complexity index is 658. The van der Waals surface area contributed by atoms with Crippen LogP contribution in [0.1, 0.15) is 26.6 Å². The average molecular weight is 289 g/mol. The van der Waals surface area contributed by atoms with Crippen LogP contribution in [0, 0.1) is 0 Å². The van der Waals surface area contributed by atoms with Crippen molar-refractivity contribution >= 4 is 28.5 Å². The third-order valence-corrected chi connectivity index (χ3v) is 4.45. The van der Waals surface area contributed by atoms with Crippen molar-refractivity contribution in [1.82, 2.24) is 4.90 Å². The van der Waals surface area contributed by atoms with Crippen molar-refractivity contribution < 1.29 is 9.21 Å². The highest BCUT2D eigenvalue weighted by Crippen LogP contribution is 2.38. The van der Waals surface area contributed by atoms with E-state index in [0.717, 1.165) is 25.1 Å². The number of carbonyl (C=O) groups is 1. The molecule has 0 atom stereocenters. The maximum absolute atomic E-state index is 11.7. The van der Waals surface area contributed by atoms with Gasteiger partial charge in [0.15, 0.2) is 0 Å². The number of amides is 1. The Morgan fingerprint density at radius 3 is 3.15 bits per heavy atom. The molecule has 0 radical (unpaired) electrons. The van der Waals surface area contributed by atoms with Crippen molar-refractivity contribution in [3.05, 3.63) is 40.2 Å². The molecule has 0 aliphatic carbocycles. The smallest absolute Gasteiger partial charge is 0.252 e. The van der Waals surface area contributed by atoms with Crippen LogP contribution in [0.5, 0.6) is 0 Å². The molecule has 5 nitrogen and oxygen atoms in total. The SMILES string of the molecule is CN1CCc2c(sc(N=Cc3ccco3)c2C(N)=O)C1. The van der Waals surface area contributed by atoms with Crippen LogP contribution in [0.4, 0.5) is 5.00 Å². The zero-order valence-corrected chi connectivity index (χ0v) is 11.9. The van der Waals surface area contributed by atoms with Gasteiger partial charge in [-0.05, 0) is 31.2 Å². The van der Waals surface area contributed by atoms with Gasteiger partial charge in [-0.1, -0.05) is 0 Å². The largest absolute Gasteiger partial charge is 0.463 e. The summed E-state index contributed by atoms with van der Waals surface area (Å²) < 4.78 is 5.21. The summed E-state index contributed by atoms with van der Waals surface area (Å²) in [7, 11) is 2.07. The Kier molecular flexibility index (Phi) is 3.42. The Morgan fingerprint density at radius 1 is 1.60 bits per heavy atom. The van der Waals surface area contributed by atoms with E-state index in [1.807, 2.05) is 6.07 Å². The van der Waals surface area contributed by atoms with Crippen molar-refractivity contribution in [3.8, 4) is 0 Å². The highest BCUT2D eigenvalue weighted by atomic mass is 32.1. The van der Waals surface area contributed by atoms with E-state index in [9.17, 15) is 4.79 Å². The van der Waals surface area contributed by atoms with Crippen LogP contribution in [0.2, 0.25) is 0 Å². The van der Waals surface area contributed by atoms with Crippen LogP contribution >= 0.6 is 11.3 Å². The molecule has 2 aromatic rings. The second-order valence-corrected chi connectivity index (χ2v) is 5.89. The number of nitrogens with zero attached hydrogens (tertiary/aromatic N) is 2. The van der Waals surface area contributed by atoms with Crippen molar-refractivity contribution in [2.75, 3.05) is 13.6 Å². The third-order valence-electron chi connectivity index (χ3n) is 3.33. The first-order valence-corrected chi connectivity index (χ1v) is 7.17. The number of rotatable bonds is 3. The number of fused-ring (bicyclic) bond motifs is 1. The van der Waals surface area contributed by atoms with E-state index >= 15 is 0 Å². The summed E-state index contributed by atoms with van der Waals surface area (Å²) in [5, 5.41) is 0.675. The molecule has 0 unspecified atom stereocenters. The molecule has 0 saturated carbocycles. The first kappa shape index (κ1) is 13.1. The second-order valence-electron chi connectivity index (χ2n) is 4.81. The van der Waals surface area contributed by atoms with Crippen LogP contribution in [0.25, 0.3) is 0 Å². The van der Waals surface area contributed by atoms with E-state index in [0.29, 0.717) is 16.3 Å². The molecule has 0 spiro atoms. The molecule has 1 amide bonds. The highest BCUT2D eigenvalue weighted by Gasteiger charge is 2.25. The lowest BCUT2D eigenvalue weighted by Gasteiger charge is -2.22. The summed E-state index contributed by atoms with van der Waals surface area (Å²) >= 11 is 1.53. The van der Waals surface area contributed by atoms with Crippen molar-refractivity contribution in [1.29, 1.82) is 0 Å². The molecule has 3 rings (SSSR count). The number of furan rings is 1. The molecular weight excluding hydrogens is 274 g/mol. The monoisotopic (exact) mass is 289 g/mol. The van der Waals surface area contributed by atoms with Gasteiger partial charge >= 0.3 is 0 Å². The lowest BCUT2D eigenvalue weighted by Crippen LogP contribution is -2.26. The molecular formula is C14H15N3O2S. The van der Waals surface area contributed by atoms with E-state index < -0.39 is 5.91 Å². The maximum atomic E-state index is 11.7. The van der Waals surface area contributed by atoms with E-state index in [2.05, 4.69) is 16.9 Å². The topological polar surface area (TPSA) is 71.8 Å². The predicted molar refractivity (Wildman–Crippen MR) is 78.8 cm³/mol. The van der Waals surface area contributed by atoms with Gasteiger partial charge in [-0.15, -0.1) is 11.3 Å². The molecule has 2 N–H and O–H groups in total. The number of hydrogen-bond acceptors (Lipinski definition) is 5. The summed E-state index contributed by atoms with van der Waals surface area (Å²) in [6, 6.07) is 3.61. The van der Waals surface area contributed by atoms with Crippen molar-refractivity contribution in [2.24, 2.45) is 10.7 Å². The molecule has 3 heterocycles. The Labute approximate surface area is 120 Å². The lowest BCUT2D eigenvalue weighted by atomic mass is 10.0. The fourth-order valence-corrected chi connectivity index (χ4v) is 3.63. The van der Waals surface area contributed by atoms with E-state index in [-0.39, 0.29) is 0 Å². The van der Waals surface area contributed by atoms with Gasteiger partial charge in [-0.3, -0.25) is 4.79 Å². The van der Waals surface area contributed by atoms with Crippen molar-refractivity contribution in [2.45, 2.75) is 13.0 Å². The predicted octanol–water partition coefficient (Wildman–Crippen LogP) is 2.18. The summed E-state index contributed by atoms with van der Waals surface area (Å²) in [6.45, 7) is 1.78. The number of hydrogen-bond donors (Lipinski definition) is 1. The fourth-order valence-electron chi connectivity index (χ4n) is 2.35. The molecule has 1 aliphatic rings. The summed E-state index contributed by atoms with van der Waals surface area (Å²) in [5.41, 5.74) is 7.16. The number of primary amides is 1. The summed E-state index contributed by atoms with van der Waals surface area (Å²) in [5.74, 6) is 0.252. The van der Waals surface area contributed by atoms with Crippen LogP contribution in [0.15, 0.2) is 27.8 Å². The molecule has 1 aliphatic heterocycles. The summed E-state index contributed by atoms with van der Waals surface area (Å²) in [6.07, 6.45) is 4.05.